The van der Waals surface area contributed by atoms with Crippen molar-refractivity contribution in [2.24, 2.45) is 0 Å². The maximum atomic E-state index is 13.3. The second-order valence-electron chi connectivity index (χ2n) is 5.54. The molecule has 1 fully saturated rings. The third kappa shape index (κ3) is 3.35. The largest absolute Gasteiger partial charge is 0.369 e. The van der Waals surface area contributed by atoms with E-state index >= 15 is 0 Å². The van der Waals surface area contributed by atoms with E-state index in [4.69, 9.17) is 16.3 Å². The Labute approximate surface area is 138 Å². The lowest BCUT2D eigenvalue weighted by Crippen LogP contribution is -2.48. The van der Waals surface area contributed by atoms with Crippen LogP contribution in [0.25, 0.3) is 0 Å². The maximum Gasteiger partial charge on any atom is 0.255 e. The van der Waals surface area contributed by atoms with E-state index in [1.165, 1.54) is 12.3 Å². The summed E-state index contributed by atoms with van der Waals surface area (Å²) in [4.78, 5) is 18.1. The van der Waals surface area contributed by atoms with Crippen molar-refractivity contribution in [3.05, 3.63) is 64.7 Å². The van der Waals surface area contributed by atoms with Crippen LogP contribution in [0.1, 0.15) is 28.9 Å². The van der Waals surface area contributed by atoms with Gasteiger partial charge in [0.1, 0.15) is 11.9 Å². The molecule has 2 aromatic rings. The van der Waals surface area contributed by atoms with Gasteiger partial charge in [-0.25, -0.2) is 4.39 Å². The molecule has 1 aliphatic heterocycles. The van der Waals surface area contributed by atoms with Gasteiger partial charge in [-0.3, -0.25) is 9.78 Å². The van der Waals surface area contributed by atoms with E-state index < -0.39 is 5.82 Å². The van der Waals surface area contributed by atoms with Crippen molar-refractivity contribution in [1.29, 1.82) is 0 Å². The molecule has 3 rings (SSSR count). The first-order chi connectivity index (χ1) is 11.1. The molecular formula is C17H16ClFN2O2. The van der Waals surface area contributed by atoms with Gasteiger partial charge in [-0.05, 0) is 19.1 Å². The predicted molar refractivity (Wildman–Crippen MR) is 84.8 cm³/mol. The monoisotopic (exact) mass is 334 g/mol. The van der Waals surface area contributed by atoms with Crippen LogP contribution in [0, 0.1) is 5.82 Å². The summed E-state index contributed by atoms with van der Waals surface area (Å²) in [6, 6.07) is 8.49. The highest BCUT2D eigenvalue weighted by Gasteiger charge is 2.32. The van der Waals surface area contributed by atoms with Crippen LogP contribution in [0.4, 0.5) is 4.39 Å². The third-order valence-electron chi connectivity index (χ3n) is 3.90. The third-order valence-corrected chi connectivity index (χ3v) is 4.24. The van der Waals surface area contributed by atoms with Gasteiger partial charge in [-0.1, -0.05) is 29.8 Å². The molecule has 0 unspecified atom stereocenters. The van der Waals surface area contributed by atoms with E-state index in [1.54, 1.807) is 11.0 Å². The van der Waals surface area contributed by atoms with Crippen LogP contribution < -0.4 is 0 Å². The zero-order chi connectivity index (χ0) is 16.4. The second kappa shape index (κ2) is 6.64. The molecule has 0 radical (unpaired) electrons. The van der Waals surface area contributed by atoms with Crippen molar-refractivity contribution >= 4 is 17.5 Å². The maximum absolute atomic E-state index is 13.3. The summed E-state index contributed by atoms with van der Waals surface area (Å²) in [6.45, 7) is 2.65. The number of hydrogen-bond donors (Lipinski definition) is 0. The zero-order valence-corrected chi connectivity index (χ0v) is 13.3. The minimum atomic E-state index is -0.528. The molecule has 1 aromatic heterocycles. The van der Waals surface area contributed by atoms with E-state index in [0.29, 0.717) is 18.2 Å². The number of amides is 1. The molecule has 120 valence electrons. The number of carbonyl (C=O) groups excluding carboxylic acids is 1. The van der Waals surface area contributed by atoms with Crippen LogP contribution in [0.2, 0.25) is 5.02 Å². The van der Waals surface area contributed by atoms with E-state index in [9.17, 15) is 9.18 Å². The molecule has 23 heavy (non-hydrogen) atoms. The van der Waals surface area contributed by atoms with E-state index in [2.05, 4.69) is 4.98 Å². The number of halogens is 2. The average Bonchev–Trinajstić information content (AvgIpc) is 2.55. The Bertz CT molecular complexity index is 725. The molecule has 1 aliphatic rings. The zero-order valence-electron chi connectivity index (χ0n) is 12.6. The second-order valence-corrected chi connectivity index (χ2v) is 5.95. The molecule has 0 aliphatic carbocycles. The molecule has 0 saturated carbocycles. The molecular weight excluding hydrogens is 319 g/mol. The van der Waals surface area contributed by atoms with Gasteiger partial charge in [0.05, 0.1) is 31.0 Å². The van der Waals surface area contributed by atoms with Crippen molar-refractivity contribution in [1.82, 2.24) is 9.88 Å². The highest BCUT2D eigenvalue weighted by Crippen LogP contribution is 2.30. The Kier molecular flexibility index (Phi) is 4.59. The number of benzene rings is 1. The number of aromatic nitrogens is 1. The average molecular weight is 335 g/mol. The van der Waals surface area contributed by atoms with Gasteiger partial charge in [0.15, 0.2) is 0 Å². The topological polar surface area (TPSA) is 42.4 Å². The van der Waals surface area contributed by atoms with Gasteiger partial charge in [0, 0.05) is 16.8 Å². The number of carbonyl (C=O) groups is 1. The number of morpholine rings is 1. The fourth-order valence-corrected chi connectivity index (χ4v) is 2.92. The van der Waals surface area contributed by atoms with Crippen molar-refractivity contribution in [3.8, 4) is 0 Å². The van der Waals surface area contributed by atoms with Crippen molar-refractivity contribution in [2.75, 3.05) is 13.2 Å². The van der Waals surface area contributed by atoms with Gasteiger partial charge >= 0.3 is 0 Å². The summed E-state index contributed by atoms with van der Waals surface area (Å²) in [6.07, 6.45) is 2.15. The number of hydrogen-bond acceptors (Lipinski definition) is 3. The Balaban J connectivity index is 1.84. The Hall–Kier alpha value is -1.98. The highest BCUT2D eigenvalue weighted by atomic mass is 35.5. The first-order valence-corrected chi connectivity index (χ1v) is 7.71. The van der Waals surface area contributed by atoms with Crippen molar-refractivity contribution in [3.63, 3.8) is 0 Å². The number of ether oxygens (including phenoxy) is 1. The molecule has 4 nitrogen and oxygen atoms in total. The highest BCUT2D eigenvalue weighted by molar-refractivity contribution is 6.31. The van der Waals surface area contributed by atoms with Gasteiger partial charge in [-0.15, -0.1) is 0 Å². The molecule has 2 heterocycles. The summed E-state index contributed by atoms with van der Waals surface area (Å²) in [5.41, 5.74) is 1.08. The molecule has 0 bridgehead atoms. The lowest BCUT2D eigenvalue weighted by Gasteiger charge is -2.38. The molecule has 6 heteroatoms. The van der Waals surface area contributed by atoms with Crippen LogP contribution in [-0.4, -0.2) is 35.0 Å². The molecule has 1 saturated heterocycles. The summed E-state index contributed by atoms with van der Waals surface area (Å²) in [7, 11) is 0. The number of pyridine rings is 1. The minimum absolute atomic E-state index is 0.107. The molecule has 0 N–H and O–H groups in total. The molecule has 2 atom stereocenters. The predicted octanol–water partition coefficient (Wildman–Crippen LogP) is 3.48. The lowest BCUT2D eigenvalue weighted by atomic mass is 10.0. The van der Waals surface area contributed by atoms with E-state index in [1.807, 2.05) is 25.1 Å². The normalized spacial score (nSPS) is 21.3. The quantitative estimate of drug-likeness (QED) is 0.844. The Morgan fingerprint density at radius 2 is 2.17 bits per heavy atom. The van der Waals surface area contributed by atoms with Crippen LogP contribution in [0.5, 0.6) is 0 Å². The SMILES string of the molecule is C[C@H]1CO[C@H](c2ccccc2Cl)CN1C(=O)c1cncc(F)c1. The summed E-state index contributed by atoms with van der Waals surface area (Å²) >= 11 is 6.22. The number of nitrogens with zero attached hydrogens (tertiary/aromatic N) is 2. The smallest absolute Gasteiger partial charge is 0.255 e. The van der Waals surface area contributed by atoms with Crippen LogP contribution in [-0.2, 0) is 4.74 Å². The minimum Gasteiger partial charge on any atom is -0.369 e. The van der Waals surface area contributed by atoms with E-state index in [-0.39, 0.29) is 23.6 Å². The van der Waals surface area contributed by atoms with Crippen LogP contribution in [0.15, 0.2) is 42.7 Å². The standard InChI is InChI=1S/C17H16ClFN2O2/c1-11-10-23-16(14-4-2-3-5-15(14)18)9-21(11)17(22)12-6-13(19)8-20-7-12/h2-8,11,16H,9-10H2,1H3/t11-,16-/m0/s1. The Morgan fingerprint density at radius 1 is 1.39 bits per heavy atom. The van der Waals surface area contributed by atoms with E-state index in [0.717, 1.165) is 11.8 Å². The number of rotatable bonds is 2. The summed E-state index contributed by atoms with van der Waals surface area (Å²) < 4.78 is 19.1. The van der Waals surface area contributed by atoms with Gasteiger partial charge < -0.3 is 9.64 Å². The van der Waals surface area contributed by atoms with Gasteiger partial charge in [-0.2, -0.15) is 0 Å². The van der Waals surface area contributed by atoms with Crippen molar-refractivity contribution < 1.29 is 13.9 Å². The summed E-state index contributed by atoms with van der Waals surface area (Å²) in [5, 5.41) is 0.604. The molecule has 0 spiro atoms. The Morgan fingerprint density at radius 3 is 2.91 bits per heavy atom. The first kappa shape index (κ1) is 15.9. The van der Waals surface area contributed by atoms with Gasteiger partial charge in [0.2, 0.25) is 0 Å². The molecule has 1 amide bonds. The van der Waals surface area contributed by atoms with Crippen LogP contribution >= 0.6 is 11.6 Å². The molecule has 1 aromatic carbocycles. The van der Waals surface area contributed by atoms with Crippen molar-refractivity contribution in [2.45, 2.75) is 19.1 Å². The lowest BCUT2D eigenvalue weighted by molar-refractivity contribution is -0.0486. The van der Waals surface area contributed by atoms with Gasteiger partial charge in [0.25, 0.3) is 5.91 Å². The fourth-order valence-electron chi connectivity index (χ4n) is 2.66. The van der Waals surface area contributed by atoms with Crippen LogP contribution in [0.3, 0.4) is 0 Å². The summed E-state index contributed by atoms with van der Waals surface area (Å²) in [5.74, 6) is -0.788. The first-order valence-electron chi connectivity index (χ1n) is 7.34. The fraction of sp³-hybridized carbons (Fsp3) is 0.294.